The number of nitrogens with zero attached hydrogens (tertiary/aromatic N) is 1. The Labute approximate surface area is 96.8 Å². The molecular weight excluding hydrogens is 236 g/mol. The summed E-state index contributed by atoms with van der Waals surface area (Å²) in [6, 6.07) is 3.28. The molecule has 0 aromatic carbocycles. The van der Waals surface area contributed by atoms with Crippen LogP contribution in [0.15, 0.2) is 12.1 Å². The monoisotopic (exact) mass is 246 g/mol. The molecule has 1 rings (SSSR count). The van der Waals surface area contributed by atoms with Crippen molar-refractivity contribution in [2.24, 2.45) is 0 Å². The Kier molecular flexibility index (Phi) is 4.11. The Bertz CT molecular complexity index is 376. The van der Waals surface area contributed by atoms with Crippen molar-refractivity contribution in [1.29, 1.82) is 0 Å². The van der Waals surface area contributed by atoms with Crippen molar-refractivity contribution in [3.63, 3.8) is 0 Å². The lowest BCUT2D eigenvalue weighted by atomic mass is 10.4. The number of halogens is 1. The van der Waals surface area contributed by atoms with Gasteiger partial charge in [-0.05, 0) is 12.1 Å². The van der Waals surface area contributed by atoms with Gasteiger partial charge < -0.3 is 10.2 Å². The van der Waals surface area contributed by atoms with Crippen LogP contribution in [0.2, 0.25) is 4.34 Å². The van der Waals surface area contributed by atoms with E-state index in [9.17, 15) is 9.59 Å². The van der Waals surface area contributed by atoms with Gasteiger partial charge in [0.1, 0.15) is 0 Å². The van der Waals surface area contributed by atoms with E-state index in [1.807, 2.05) is 0 Å². The van der Waals surface area contributed by atoms with Gasteiger partial charge in [0.15, 0.2) is 0 Å². The number of rotatable bonds is 3. The molecule has 1 N–H and O–H groups in total. The Morgan fingerprint density at radius 1 is 1.47 bits per heavy atom. The molecule has 0 saturated carbocycles. The van der Waals surface area contributed by atoms with Crippen LogP contribution in [-0.2, 0) is 4.79 Å². The first-order chi connectivity index (χ1) is 7.00. The third-order valence-corrected chi connectivity index (χ3v) is 2.93. The molecule has 4 nitrogen and oxygen atoms in total. The van der Waals surface area contributed by atoms with Gasteiger partial charge in [-0.3, -0.25) is 9.59 Å². The third kappa shape index (κ3) is 3.53. The quantitative estimate of drug-likeness (QED) is 0.872. The largest absolute Gasteiger partial charge is 0.347 e. The van der Waals surface area contributed by atoms with Crippen LogP contribution >= 0.6 is 22.9 Å². The van der Waals surface area contributed by atoms with Crippen LogP contribution < -0.4 is 5.32 Å². The number of carbonyl (C=O) groups excluding carboxylic acids is 2. The minimum absolute atomic E-state index is 0.00134. The second kappa shape index (κ2) is 5.14. The van der Waals surface area contributed by atoms with E-state index in [0.29, 0.717) is 9.21 Å². The molecule has 1 heterocycles. The summed E-state index contributed by atoms with van der Waals surface area (Å²) in [6.07, 6.45) is 0. The lowest BCUT2D eigenvalue weighted by Gasteiger charge is -2.10. The van der Waals surface area contributed by atoms with E-state index >= 15 is 0 Å². The van der Waals surface area contributed by atoms with Gasteiger partial charge in [0.2, 0.25) is 5.91 Å². The summed E-state index contributed by atoms with van der Waals surface area (Å²) in [4.78, 5) is 24.6. The zero-order valence-electron chi connectivity index (χ0n) is 8.41. The molecule has 1 aromatic rings. The van der Waals surface area contributed by atoms with Crippen molar-refractivity contribution in [2.45, 2.75) is 0 Å². The molecular formula is C9H11ClN2O2S. The summed E-state index contributed by atoms with van der Waals surface area (Å²) in [5.74, 6) is -0.423. The predicted molar refractivity (Wildman–Crippen MR) is 60.4 cm³/mol. The molecule has 0 aliphatic carbocycles. The van der Waals surface area contributed by atoms with Crippen molar-refractivity contribution >= 4 is 34.8 Å². The number of amides is 2. The van der Waals surface area contributed by atoms with Crippen LogP contribution in [0.1, 0.15) is 9.67 Å². The number of thiophene rings is 1. The lowest BCUT2D eigenvalue weighted by Crippen LogP contribution is -2.35. The van der Waals surface area contributed by atoms with E-state index in [2.05, 4.69) is 5.32 Å². The average molecular weight is 247 g/mol. The van der Waals surface area contributed by atoms with Crippen LogP contribution in [0.3, 0.4) is 0 Å². The van der Waals surface area contributed by atoms with Crippen LogP contribution in [-0.4, -0.2) is 37.4 Å². The molecule has 0 saturated heterocycles. The maximum atomic E-state index is 11.5. The normalized spacial score (nSPS) is 9.80. The predicted octanol–water partition coefficient (Wildman–Crippen LogP) is 1.22. The highest BCUT2D eigenvalue weighted by Gasteiger charge is 2.10. The average Bonchev–Trinajstić information content (AvgIpc) is 2.60. The summed E-state index contributed by atoms with van der Waals surface area (Å²) >= 11 is 6.87. The van der Waals surface area contributed by atoms with Crippen molar-refractivity contribution in [2.75, 3.05) is 20.6 Å². The molecule has 0 aliphatic heterocycles. The van der Waals surface area contributed by atoms with E-state index in [-0.39, 0.29) is 18.4 Å². The molecule has 1 aromatic heterocycles. The highest BCUT2D eigenvalue weighted by Crippen LogP contribution is 2.20. The molecule has 2 amide bonds. The first kappa shape index (κ1) is 12.0. The maximum absolute atomic E-state index is 11.5. The molecule has 0 spiro atoms. The van der Waals surface area contributed by atoms with E-state index < -0.39 is 0 Å². The fourth-order valence-corrected chi connectivity index (χ4v) is 1.80. The summed E-state index contributed by atoms with van der Waals surface area (Å²) in [7, 11) is 3.27. The highest BCUT2D eigenvalue weighted by atomic mass is 35.5. The standard InChI is InChI=1S/C9H11ClN2O2S/c1-12(2)8(13)5-11-9(14)6-3-4-7(10)15-6/h3-4H,5H2,1-2H3,(H,11,14). The fraction of sp³-hybridized carbons (Fsp3) is 0.333. The van der Waals surface area contributed by atoms with Gasteiger partial charge in [0, 0.05) is 14.1 Å². The number of nitrogens with one attached hydrogen (secondary N) is 1. The molecule has 0 unspecified atom stereocenters. The second-order valence-electron chi connectivity index (χ2n) is 3.07. The van der Waals surface area contributed by atoms with Crippen LogP contribution in [0.5, 0.6) is 0 Å². The van der Waals surface area contributed by atoms with Gasteiger partial charge in [-0.25, -0.2) is 0 Å². The van der Waals surface area contributed by atoms with Crippen molar-refractivity contribution < 1.29 is 9.59 Å². The number of likely N-dealkylation sites (N-methyl/N-ethyl adjacent to an activating group) is 1. The number of hydrogen-bond acceptors (Lipinski definition) is 3. The minimum Gasteiger partial charge on any atom is -0.347 e. The van der Waals surface area contributed by atoms with Crippen molar-refractivity contribution in [3.8, 4) is 0 Å². The fourth-order valence-electron chi connectivity index (χ4n) is 0.837. The smallest absolute Gasteiger partial charge is 0.261 e. The topological polar surface area (TPSA) is 49.4 Å². The minimum atomic E-state index is -0.276. The first-order valence-corrected chi connectivity index (χ1v) is 5.44. The molecule has 0 radical (unpaired) electrons. The molecule has 82 valence electrons. The lowest BCUT2D eigenvalue weighted by molar-refractivity contribution is -0.127. The van der Waals surface area contributed by atoms with Gasteiger partial charge >= 0.3 is 0 Å². The maximum Gasteiger partial charge on any atom is 0.261 e. The van der Waals surface area contributed by atoms with Crippen molar-refractivity contribution in [1.82, 2.24) is 10.2 Å². The van der Waals surface area contributed by atoms with Crippen molar-refractivity contribution in [3.05, 3.63) is 21.3 Å². The Morgan fingerprint density at radius 2 is 2.13 bits per heavy atom. The summed E-state index contributed by atoms with van der Waals surface area (Å²) in [5, 5.41) is 2.52. The van der Waals surface area contributed by atoms with E-state index in [0.717, 1.165) is 0 Å². The number of hydrogen-bond donors (Lipinski definition) is 1. The second-order valence-corrected chi connectivity index (χ2v) is 4.79. The van der Waals surface area contributed by atoms with Gasteiger partial charge in [-0.2, -0.15) is 0 Å². The Morgan fingerprint density at radius 3 is 2.60 bits per heavy atom. The molecule has 0 bridgehead atoms. The van der Waals surface area contributed by atoms with E-state index in [1.54, 1.807) is 26.2 Å². The molecule has 0 atom stereocenters. The molecule has 0 aliphatic rings. The summed E-state index contributed by atoms with van der Waals surface area (Å²) in [6.45, 7) is 0.00134. The molecule has 6 heteroatoms. The van der Waals surface area contributed by atoms with Crippen LogP contribution in [0, 0.1) is 0 Å². The highest BCUT2D eigenvalue weighted by molar-refractivity contribution is 7.17. The summed E-state index contributed by atoms with van der Waals surface area (Å²) in [5.41, 5.74) is 0. The summed E-state index contributed by atoms with van der Waals surface area (Å²) < 4.78 is 0.555. The number of carbonyl (C=O) groups is 2. The van der Waals surface area contributed by atoms with Gasteiger partial charge in [-0.1, -0.05) is 11.6 Å². The first-order valence-electron chi connectivity index (χ1n) is 4.24. The van der Waals surface area contributed by atoms with Gasteiger partial charge in [0.25, 0.3) is 5.91 Å². The Hall–Kier alpha value is -1.07. The molecule has 0 fully saturated rings. The van der Waals surface area contributed by atoms with Crippen LogP contribution in [0.25, 0.3) is 0 Å². The van der Waals surface area contributed by atoms with E-state index in [4.69, 9.17) is 11.6 Å². The van der Waals surface area contributed by atoms with Gasteiger partial charge in [0.05, 0.1) is 15.8 Å². The molecule has 15 heavy (non-hydrogen) atoms. The Balaban J connectivity index is 2.47. The SMILES string of the molecule is CN(C)C(=O)CNC(=O)c1ccc(Cl)s1. The third-order valence-electron chi connectivity index (χ3n) is 1.70. The van der Waals surface area contributed by atoms with Crippen LogP contribution in [0.4, 0.5) is 0 Å². The zero-order valence-corrected chi connectivity index (χ0v) is 9.98. The van der Waals surface area contributed by atoms with E-state index in [1.165, 1.54) is 16.2 Å². The zero-order chi connectivity index (χ0) is 11.4. The van der Waals surface area contributed by atoms with Gasteiger partial charge in [-0.15, -0.1) is 11.3 Å².